The molecule has 0 aromatic heterocycles. The number of hydrogen-bond donors (Lipinski definition) is 1. The van der Waals surface area contributed by atoms with E-state index in [4.69, 9.17) is 14.0 Å². The Morgan fingerprint density at radius 3 is 2.52 bits per heavy atom. The normalized spacial score (nSPS) is 31.7. The van der Waals surface area contributed by atoms with Crippen molar-refractivity contribution in [3.63, 3.8) is 0 Å². The topological polar surface area (TPSA) is 104 Å². The molecule has 9 nitrogen and oxygen atoms in total. The van der Waals surface area contributed by atoms with Crippen LogP contribution in [0.4, 0.5) is 4.79 Å². The molecule has 3 aliphatic heterocycles. The fourth-order valence-electron chi connectivity index (χ4n) is 9.32. The van der Waals surface area contributed by atoms with E-state index in [1.54, 1.807) is 4.90 Å². The minimum atomic E-state index is -0.724. The molecule has 2 bridgehead atoms. The summed E-state index contributed by atoms with van der Waals surface area (Å²) in [7, 11) is -0.582. The number of carbonyl (C=O) groups is 2. The lowest BCUT2D eigenvalue weighted by Crippen LogP contribution is -2.65. The van der Waals surface area contributed by atoms with Gasteiger partial charge in [0.15, 0.2) is 0 Å². The number of alkyl carbamates (subject to hydrolysis) is 1. The Bertz CT molecular complexity index is 1300. The first kappa shape index (κ1) is 33.3. The number of carbonyl (C=O) groups excluding carboxylic acids is 2. The van der Waals surface area contributed by atoms with E-state index in [1.165, 1.54) is 0 Å². The van der Waals surface area contributed by atoms with Crippen LogP contribution in [0, 0.1) is 34.5 Å². The van der Waals surface area contributed by atoms with Gasteiger partial charge in [-0.1, -0.05) is 44.2 Å². The number of nitriles is 1. The van der Waals surface area contributed by atoms with Crippen molar-refractivity contribution in [2.75, 3.05) is 26.2 Å². The van der Waals surface area contributed by atoms with Crippen molar-refractivity contribution in [1.29, 1.82) is 5.26 Å². The lowest BCUT2D eigenvalue weighted by atomic mass is 9.43. The van der Waals surface area contributed by atoms with Crippen molar-refractivity contribution >= 4 is 19.1 Å². The van der Waals surface area contributed by atoms with Crippen molar-refractivity contribution in [3.05, 3.63) is 35.9 Å². The van der Waals surface area contributed by atoms with Crippen LogP contribution in [0.25, 0.3) is 0 Å². The van der Waals surface area contributed by atoms with Gasteiger partial charge >= 0.3 is 13.2 Å². The van der Waals surface area contributed by atoms with Gasteiger partial charge in [0, 0.05) is 12.1 Å². The maximum Gasteiger partial charge on any atom is 0.482 e. The second kappa shape index (κ2) is 13.1. The van der Waals surface area contributed by atoms with Crippen molar-refractivity contribution in [2.24, 2.45) is 23.2 Å². The van der Waals surface area contributed by atoms with Crippen molar-refractivity contribution in [1.82, 2.24) is 15.1 Å². The molecule has 6 aliphatic rings. The molecule has 7 rings (SSSR count). The Hall–Kier alpha value is -2.61. The van der Waals surface area contributed by atoms with Gasteiger partial charge in [0.25, 0.3) is 0 Å². The predicted molar refractivity (Wildman–Crippen MR) is 176 cm³/mol. The van der Waals surface area contributed by atoms with Crippen LogP contribution in [0.3, 0.4) is 0 Å². The van der Waals surface area contributed by atoms with E-state index in [0.29, 0.717) is 31.2 Å². The third-order valence-electron chi connectivity index (χ3n) is 12.3. The van der Waals surface area contributed by atoms with Gasteiger partial charge in [0.05, 0.1) is 29.8 Å². The minimum absolute atomic E-state index is 0.00991. The quantitative estimate of drug-likeness (QED) is 0.346. The number of amides is 2. The van der Waals surface area contributed by atoms with Gasteiger partial charge in [-0.2, -0.15) is 5.26 Å². The third-order valence-corrected chi connectivity index (χ3v) is 12.3. The molecule has 0 spiro atoms. The maximum absolute atomic E-state index is 13.8. The Balaban J connectivity index is 1.09. The number of rotatable bonds is 10. The average molecular weight is 633 g/mol. The van der Waals surface area contributed by atoms with Crippen LogP contribution >= 0.6 is 0 Å². The highest BCUT2D eigenvalue weighted by Gasteiger charge is 2.68. The molecule has 2 amide bonds. The molecule has 6 fully saturated rings. The summed E-state index contributed by atoms with van der Waals surface area (Å²) in [5.74, 6) is -0.242. The zero-order valence-corrected chi connectivity index (χ0v) is 28.5. The summed E-state index contributed by atoms with van der Waals surface area (Å²) in [5, 5.41) is 13.2. The van der Waals surface area contributed by atoms with Gasteiger partial charge in [-0.3, -0.25) is 9.69 Å². The summed E-state index contributed by atoms with van der Waals surface area (Å²) in [6.07, 6.45) is 7.55. The first-order valence-electron chi connectivity index (χ1n) is 17.7. The number of benzene rings is 1. The predicted octanol–water partition coefficient (Wildman–Crippen LogP) is 5.38. The van der Waals surface area contributed by atoms with E-state index in [9.17, 15) is 14.9 Å². The zero-order valence-electron chi connectivity index (χ0n) is 28.5. The maximum atomic E-state index is 13.8. The highest BCUT2D eigenvalue weighted by Crippen LogP contribution is 2.65. The van der Waals surface area contributed by atoms with Gasteiger partial charge in [0.2, 0.25) is 5.91 Å². The zero-order chi connectivity index (χ0) is 32.7. The van der Waals surface area contributed by atoms with Crippen molar-refractivity contribution < 1.29 is 23.6 Å². The molecule has 3 saturated carbocycles. The van der Waals surface area contributed by atoms with Gasteiger partial charge in [-0.15, -0.1) is 0 Å². The minimum Gasteiger partial charge on any atom is -0.447 e. The fraction of sp³-hybridized carbons (Fsp3) is 0.750. The Morgan fingerprint density at radius 2 is 1.83 bits per heavy atom. The van der Waals surface area contributed by atoms with Gasteiger partial charge in [-0.25, -0.2) is 4.79 Å². The van der Waals surface area contributed by atoms with Crippen LogP contribution < -0.4 is 5.32 Å². The molecule has 0 radical (unpaired) electrons. The molecule has 7 atom stereocenters. The molecule has 3 heterocycles. The molecule has 10 heteroatoms. The summed E-state index contributed by atoms with van der Waals surface area (Å²) in [6, 6.07) is 12.1. The lowest BCUT2D eigenvalue weighted by molar-refractivity contribution is -0.199. The van der Waals surface area contributed by atoms with Gasteiger partial charge < -0.3 is 24.3 Å². The summed E-state index contributed by atoms with van der Waals surface area (Å²) in [6.45, 7) is 13.8. The molecule has 1 aromatic rings. The molecular formula is C36H53BN4O5. The highest BCUT2D eigenvalue weighted by atomic mass is 16.7. The number of hydrogen-bond acceptors (Lipinski definition) is 7. The summed E-state index contributed by atoms with van der Waals surface area (Å²) in [5.41, 5.74) is 0.695. The van der Waals surface area contributed by atoms with Crippen LogP contribution in [0.5, 0.6) is 0 Å². The van der Waals surface area contributed by atoms with Crippen LogP contribution in [0.2, 0.25) is 0 Å². The molecule has 1 unspecified atom stereocenters. The monoisotopic (exact) mass is 632 g/mol. The average Bonchev–Trinajstić information content (AvgIpc) is 3.71. The molecule has 1 N–H and O–H groups in total. The van der Waals surface area contributed by atoms with Gasteiger partial charge in [-0.05, 0) is 114 Å². The van der Waals surface area contributed by atoms with Crippen LogP contribution in [-0.4, -0.2) is 84.4 Å². The van der Waals surface area contributed by atoms with Crippen LogP contribution in [-0.2, 0) is 25.3 Å². The van der Waals surface area contributed by atoms with E-state index < -0.39 is 25.1 Å². The number of ether oxygens (including phenoxy) is 1. The first-order valence-corrected chi connectivity index (χ1v) is 17.7. The molecular weight excluding hydrogens is 579 g/mol. The molecule has 46 heavy (non-hydrogen) atoms. The van der Waals surface area contributed by atoms with E-state index in [1.807, 2.05) is 30.3 Å². The lowest BCUT2D eigenvalue weighted by Gasteiger charge is -2.64. The van der Waals surface area contributed by atoms with Crippen molar-refractivity contribution in [2.45, 2.75) is 122 Å². The summed E-state index contributed by atoms with van der Waals surface area (Å²) in [4.78, 5) is 31.4. The van der Waals surface area contributed by atoms with E-state index in [2.05, 4.69) is 50.9 Å². The Labute approximate surface area is 275 Å². The molecule has 3 aliphatic carbocycles. The largest absolute Gasteiger partial charge is 0.482 e. The second-order valence-electron chi connectivity index (χ2n) is 15.9. The molecule has 1 aromatic carbocycles. The number of nitrogens with one attached hydrogen (secondary N) is 1. The number of nitrogens with zero attached hydrogens (tertiary/aromatic N) is 3. The highest BCUT2D eigenvalue weighted by molar-refractivity contribution is 6.47. The van der Waals surface area contributed by atoms with Gasteiger partial charge in [0.1, 0.15) is 12.5 Å². The van der Waals surface area contributed by atoms with E-state index in [-0.39, 0.29) is 41.2 Å². The second-order valence-corrected chi connectivity index (χ2v) is 15.9. The Kier molecular flexibility index (Phi) is 9.50. The van der Waals surface area contributed by atoms with E-state index in [0.717, 1.165) is 63.6 Å². The summed E-state index contributed by atoms with van der Waals surface area (Å²) < 4.78 is 19.2. The Morgan fingerprint density at radius 1 is 1.11 bits per heavy atom. The SMILES string of the molecule is CC1(C)[C@@H]2C[C@H]3OB([C@H](Cc4ccccc4)NC(=O)OC[C@H]4CCCCN4C(=O)C(C#N)CC(C)(C)N4CCCC4)O[C@@]3(C)[C@H]1C2. The van der Waals surface area contributed by atoms with Crippen LogP contribution in [0.1, 0.15) is 91.5 Å². The summed E-state index contributed by atoms with van der Waals surface area (Å²) >= 11 is 0. The third kappa shape index (κ3) is 6.44. The van der Waals surface area contributed by atoms with Crippen LogP contribution in [0.15, 0.2) is 30.3 Å². The smallest absolute Gasteiger partial charge is 0.447 e. The number of piperidine rings is 1. The molecule has 250 valence electrons. The molecule has 3 saturated heterocycles. The first-order chi connectivity index (χ1) is 21.9. The standard InChI is InChI=1S/C36H53BN4O5/c1-34(2,40-16-11-12-17-40)22-26(23-38)32(42)41-18-10-9-15-28(41)24-44-33(43)39-31(19-25-13-7-6-8-14-25)37-45-30-21-27-20-29(35(27,3)4)36(30,5)46-37/h6-8,13-14,26-31H,9-12,15-22,24H2,1-5H3,(H,39,43)/t26?,27-,28+,29-,30+,31-,36-/m0/s1. The fourth-order valence-corrected chi connectivity index (χ4v) is 9.32. The van der Waals surface area contributed by atoms with Crippen molar-refractivity contribution in [3.8, 4) is 6.07 Å². The number of likely N-dealkylation sites (tertiary alicyclic amines) is 2. The van der Waals surface area contributed by atoms with E-state index >= 15 is 0 Å².